The number of nitrogens with one attached hydrogen (secondary N) is 1. The number of benzene rings is 2. The van der Waals surface area contributed by atoms with Crippen LogP contribution in [-0.2, 0) is 11.2 Å². The topological polar surface area (TPSA) is 85.1 Å². The fraction of sp³-hybridized carbons (Fsp3) is 0.304. The average Bonchev–Trinajstić information content (AvgIpc) is 3.19. The Hall–Kier alpha value is -2.93. The first-order chi connectivity index (χ1) is 14.5. The lowest BCUT2D eigenvalue weighted by molar-refractivity contribution is -0.116. The van der Waals surface area contributed by atoms with Crippen molar-refractivity contribution in [3.8, 4) is 0 Å². The summed E-state index contributed by atoms with van der Waals surface area (Å²) in [6.45, 7) is 3.62. The second-order valence-electron chi connectivity index (χ2n) is 7.08. The summed E-state index contributed by atoms with van der Waals surface area (Å²) in [4.78, 5) is 23.8. The van der Waals surface area contributed by atoms with Gasteiger partial charge in [0, 0.05) is 24.2 Å². The van der Waals surface area contributed by atoms with Gasteiger partial charge in [0.2, 0.25) is 11.8 Å². The number of carbonyl (C=O) groups excluding carboxylic acids is 2. The zero-order valence-electron chi connectivity index (χ0n) is 17.1. The van der Waals surface area contributed by atoms with E-state index in [1.807, 2.05) is 18.2 Å². The summed E-state index contributed by atoms with van der Waals surface area (Å²) in [5, 5.41) is 11.5. The number of hydrogen-bond acceptors (Lipinski definition) is 6. The highest BCUT2D eigenvalue weighted by molar-refractivity contribution is 7.99. The number of aromatic nitrogens is 2. The number of anilines is 1. The monoisotopic (exact) mass is 423 g/mol. The van der Waals surface area contributed by atoms with Gasteiger partial charge in [0.1, 0.15) is 0 Å². The van der Waals surface area contributed by atoms with Crippen molar-refractivity contribution in [2.75, 3.05) is 11.1 Å². The fourth-order valence-electron chi connectivity index (χ4n) is 3.04. The highest BCUT2D eigenvalue weighted by Crippen LogP contribution is 2.23. The number of nitrogens with zero attached hydrogens (tertiary/aromatic N) is 2. The molecule has 1 atom stereocenters. The van der Waals surface area contributed by atoms with E-state index in [1.165, 1.54) is 24.2 Å². The number of thioether (sulfide) groups is 1. The molecule has 3 rings (SSSR count). The maximum atomic E-state index is 12.2. The molecule has 1 heterocycles. The summed E-state index contributed by atoms with van der Waals surface area (Å²) in [5.41, 5.74) is 2.31. The van der Waals surface area contributed by atoms with Gasteiger partial charge in [-0.25, -0.2) is 0 Å². The minimum Gasteiger partial charge on any atom is -0.416 e. The van der Waals surface area contributed by atoms with Crippen LogP contribution in [0, 0.1) is 0 Å². The van der Waals surface area contributed by atoms with Gasteiger partial charge in [0.15, 0.2) is 5.78 Å². The molecular weight excluding hydrogens is 398 g/mol. The molecule has 30 heavy (non-hydrogen) atoms. The molecule has 0 saturated carbocycles. The SMILES string of the molecule is CC(=O)c1ccccc1NC(=O)CCCSc1nnc(CC(C)c2ccccc2)o1. The molecule has 0 fully saturated rings. The third-order valence-electron chi connectivity index (χ3n) is 4.65. The number of rotatable bonds is 10. The predicted molar refractivity (Wildman–Crippen MR) is 118 cm³/mol. The Morgan fingerprint density at radius 3 is 2.57 bits per heavy atom. The number of Topliss-reactive ketones (excluding diaryl/α,β-unsaturated/α-hetero) is 1. The van der Waals surface area contributed by atoms with Gasteiger partial charge in [0.05, 0.1) is 5.69 Å². The minimum absolute atomic E-state index is 0.0739. The molecule has 1 aromatic heterocycles. The zero-order valence-corrected chi connectivity index (χ0v) is 17.9. The molecule has 7 heteroatoms. The Balaban J connectivity index is 1.41. The first-order valence-corrected chi connectivity index (χ1v) is 10.9. The molecule has 0 spiro atoms. The highest BCUT2D eigenvalue weighted by Gasteiger charge is 2.13. The maximum Gasteiger partial charge on any atom is 0.276 e. The van der Waals surface area contributed by atoms with Crippen LogP contribution < -0.4 is 5.32 Å². The van der Waals surface area contributed by atoms with Crippen molar-refractivity contribution in [3.63, 3.8) is 0 Å². The Bertz CT molecular complexity index is 988. The van der Waals surface area contributed by atoms with Crippen LogP contribution in [0.3, 0.4) is 0 Å². The highest BCUT2D eigenvalue weighted by atomic mass is 32.2. The summed E-state index contributed by atoms with van der Waals surface area (Å²) in [7, 11) is 0. The first kappa shape index (κ1) is 21.8. The van der Waals surface area contributed by atoms with Crippen LogP contribution >= 0.6 is 11.8 Å². The molecule has 0 radical (unpaired) electrons. The van der Waals surface area contributed by atoms with Crippen LogP contribution in [0.1, 0.15) is 54.4 Å². The summed E-state index contributed by atoms with van der Waals surface area (Å²) in [5.74, 6) is 1.42. The van der Waals surface area contributed by atoms with E-state index >= 15 is 0 Å². The van der Waals surface area contributed by atoms with Crippen molar-refractivity contribution in [2.24, 2.45) is 0 Å². The van der Waals surface area contributed by atoms with Gasteiger partial charge in [0.25, 0.3) is 5.22 Å². The van der Waals surface area contributed by atoms with E-state index < -0.39 is 0 Å². The largest absolute Gasteiger partial charge is 0.416 e. The average molecular weight is 424 g/mol. The quantitative estimate of drug-likeness (QED) is 0.276. The maximum absolute atomic E-state index is 12.2. The van der Waals surface area contributed by atoms with Crippen molar-refractivity contribution >= 4 is 29.1 Å². The zero-order chi connectivity index (χ0) is 21.3. The van der Waals surface area contributed by atoms with Crippen LogP contribution in [-0.4, -0.2) is 27.6 Å². The van der Waals surface area contributed by atoms with Crippen molar-refractivity contribution < 1.29 is 14.0 Å². The second kappa shape index (κ2) is 10.7. The molecule has 0 bridgehead atoms. The number of carbonyl (C=O) groups is 2. The standard InChI is InChI=1S/C23H25N3O3S/c1-16(18-9-4-3-5-10-18)15-22-25-26-23(29-22)30-14-8-13-21(28)24-20-12-7-6-11-19(20)17(2)27/h3-7,9-12,16H,8,13-15H2,1-2H3,(H,24,28). The molecule has 0 aliphatic rings. The van der Waals surface area contributed by atoms with E-state index in [0.717, 1.165) is 0 Å². The minimum atomic E-state index is -0.118. The molecule has 1 unspecified atom stereocenters. The molecule has 156 valence electrons. The normalized spacial score (nSPS) is 11.8. The van der Waals surface area contributed by atoms with Crippen LogP contribution in [0.15, 0.2) is 64.2 Å². The molecule has 1 N–H and O–H groups in total. The molecule has 1 amide bonds. The molecular formula is C23H25N3O3S. The smallest absolute Gasteiger partial charge is 0.276 e. The molecule has 6 nitrogen and oxygen atoms in total. The van der Waals surface area contributed by atoms with E-state index in [0.29, 0.717) is 53.3 Å². The van der Waals surface area contributed by atoms with Gasteiger partial charge in [-0.15, -0.1) is 10.2 Å². The van der Waals surface area contributed by atoms with Crippen LogP contribution in [0.25, 0.3) is 0 Å². The van der Waals surface area contributed by atoms with Crippen molar-refractivity contribution in [2.45, 2.75) is 44.3 Å². The Labute approximate surface area is 180 Å². The van der Waals surface area contributed by atoms with E-state index in [4.69, 9.17) is 4.42 Å². The predicted octanol–water partition coefficient (Wildman–Crippen LogP) is 5.13. The van der Waals surface area contributed by atoms with E-state index in [1.54, 1.807) is 24.3 Å². The van der Waals surface area contributed by atoms with E-state index in [2.05, 4.69) is 34.6 Å². The first-order valence-electron chi connectivity index (χ1n) is 9.93. The summed E-state index contributed by atoms with van der Waals surface area (Å²) in [6.07, 6.45) is 1.71. The van der Waals surface area contributed by atoms with Gasteiger partial charge in [-0.1, -0.05) is 61.2 Å². The van der Waals surface area contributed by atoms with E-state index in [9.17, 15) is 9.59 Å². The summed E-state index contributed by atoms with van der Waals surface area (Å²) in [6, 6.07) is 17.3. The lowest BCUT2D eigenvalue weighted by Gasteiger charge is -2.08. The number of amides is 1. The van der Waals surface area contributed by atoms with Gasteiger partial charge < -0.3 is 9.73 Å². The van der Waals surface area contributed by atoms with Crippen LogP contribution in [0.4, 0.5) is 5.69 Å². The molecule has 3 aromatic rings. The number of para-hydroxylation sites is 1. The number of ketones is 1. The molecule has 0 aliphatic carbocycles. The fourth-order valence-corrected chi connectivity index (χ4v) is 3.76. The molecule has 2 aromatic carbocycles. The van der Waals surface area contributed by atoms with Crippen LogP contribution in [0.5, 0.6) is 0 Å². The van der Waals surface area contributed by atoms with Crippen molar-refractivity contribution in [3.05, 3.63) is 71.6 Å². The Kier molecular flexibility index (Phi) is 7.79. The van der Waals surface area contributed by atoms with Crippen molar-refractivity contribution in [1.29, 1.82) is 0 Å². The lowest BCUT2D eigenvalue weighted by Crippen LogP contribution is -2.13. The third kappa shape index (κ3) is 6.29. The number of hydrogen-bond donors (Lipinski definition) is 1. The third-order valence-corrected chi connectivity index (χ3v) is 5.56. The van der Waals surface area contributed by atoms with Gasteiger partial charge in [-0.05, 0) is 37.0 Å². The summed E-state index contributed by atoms with van der Waals surface area (Å²) >= 11 is 1.45. The van der Waals surface area contributed by atoms with Gasteiger partial charge in [-0.3, -0.25) is 9.59 Å². The van der Waals surface area contributed by atoms with E-state index in [-0.39, 0.29) is 11.7 Å². The molecule has 0 saturated heterocycles. The summed E-state index contributed by atoms with van der Waals surface area (Å²) < 4.78 is 5.72. The van der Waals surface area contributed by atoms with Gasteiger partial charge in [-0.2, -0.15) is 0 Å². The van der Waals surface area contributed by atoms with Gasteiger partial charge >= 0.3 is 0 Å². The lowest BCUT2D eigenvalue weighted by atomic mass is 9.98. The molecule has 0 aliphatic heterocycles. The Morgan fingerprint density at radius 1 is 1.07 bits per heavy atom. The Morgan fingerprint density at radius 2 is 1.80 bits per heavy atom. The second-order valence-corrected chi connectivity index (χ2v) is 8.13. The van der Waals surface area contributed by atoms with Crippen molar-refractivity contribution in [1.82, 2.24) is 10.2 Å². The van der Waals surface area contributed by atoms with Crippen LogP contribution in [0.2, 0.25) is 0 Å².